The van der Waals surface area contributed by atoms with Crippen molar-refractivity contribution in [2.45, 2.75) is 10.1 Å². The molecule has 2 rings (SSSR count). The molecule has 0 fully saturated rings. The Bertz CT molecular complexity index is 559. The second-order valence-corrected chi connectivity index (χ2v) is 4.37. The highest BCUT2D eigenvalue weighted by atomic mass is 32.2. The van der Waals surface area contributed by atoms with Crippen LogP contribution >= 0.6 is 11.8 Å². The van der Waals surface area contributed by atoms with Crippen molar-refractivity contribution in [1.82, 2.24) is 9.97 Å². The number of pyridine rings is 2. The van der Waals surface area contributed by atoms with Gasteiger partial charge in [-0.1, -0.05) is 11.8 Å². The van der Waals surface area contributed by atoms with Crippen molar-refractivity contribution < 1.29 is 9.85 Å². The van der Waals surface area contributed by atoms with E-state index in [9.17, 15) is 20.2 Å². The molecule has 0 saturated heterocycles. The highest BCUT2D eigenvalue weighted by Gasteiger charge is 2.09. The fourth-order valence-corrected chi connectivity index (χ4v) is 1.89. The van der Waals surface area contributed by atoms with Crippen molar-refractivity contribution >= 4 is 23.1 Å². The van der Waals surface area contributed by atoms with Crippen molar-refractivity contribution in [3.63, 3.8) is 0 Å². The fourth-order valence-electron chi connectivity index (χ4n) is 1.19. The second-order valence-electron chi connectivity index (χ2n) is 3.33. The lowest BCUT2D eigenvalue weighted by molar-refractivity contribution is -0.385. The molecule has 2 heterocycles. The Morgan fingerprint density at radius 3 is 1.53 bits per heavy atom. The Hall–Kier alpha value is -2.55. The van der Waals surface area contributed by atoms with Crippen molar-refractivity contribution in [1.29, 1.82) is 0 Å². The van der Waals surface area contributed by atoms with Crippen LogP contribution in [0.5, 0.6) is 0 Å². The van der Waals surface area contributed by atoms with E-state index in [2.05, 4.69) is 9.97 Å². The Balaban J connectivity index is 2.12. The molecule has 96 valence electrons. The molecule has 0 aromatic carbocycles. The summed E-state index contributed by atoms with van der Waals surface area (Å²) in [4.78, 5) is 27.6. The van der Waals surface area contributed by atoms with Gasteiger partial charge in [0.25, 0.3) is 11.4 Å². The summed E-state index contributed by atoms with van der Waals surface area (Å²) in [5.74, 6) is 0. The van der Waals surface area contributed by atoms with Gasteiger partial charge in [0.05, 0.1) is 9.85 Å². The summed E-state index contributed by atoms with van der Waals surface area (Å²) in [6, 6.07) is 5.65. The number of hydrogen-bond acceptors (Lipinski definition) is 7. The lowest BCUT2D eigenvalue weighted by Crippen LogP contribution is -1.91. The van der Waals surface area contributed by atoms with E-state index in [0.29, 0.717) is 10.1 Å². The second kappa shape index (κ2) is 5.40. The lowest BCUT2D eigenvalue weighted by atomic mass is 10.4. The normalized spacial score (nSPS) is 10.1. The van der Waals surface area contributed by atoms with Crippen LogP contribution in [0.15, 0.2) is 46.7 Å². The molecular formula is C10H6N4O4S. The molecule has 8 nitrogen and oxygen atoms in total. The van der Waals surface area contributed by atoms with Gasteiger partial charge < -0.3 is 0 Å². The summed E-state index contributed by atoms with van der Waals surface area (Å²) >= 11 is 1.16. The Morgan fingerprint density at radius 1 is 0.842 bits per heavy atom. The fraction of sp³-hybridized carbons (Fsp3) is 0. The van der Waals surface area contributed by atoms with Gasteiger partial charge in [-0.25, -0.2) is 9.97 Å². The first-order valence-electron chi connectivity index (χ1n) is 4.95. The zero-order valence-electron chi connectivity index (χ0n) is 9.29. The van der Waals surface area contributed by atoms with Crippen LogP contribution in [0.4, 0.5) is 11.4 Å². The summed E-state index contributed by atoms with van der Waals surface area (Å²) < 4.78 is 0. The molecular weight excluding hydrogens is 272 g/mol. The van der Waals surface area contributed by atoms with Crippen LogP contribution in [-0.4, -0.2) is 19.8 Å². The minimum absolute atomic E-state index is 0.0963. The zero-order valence-corrected chi connectivity index (χ0v) is 10.1. The van der Waals surface area contributed by atoms with Crippen molar-refractivity contribution in [2.24, 2.45) is 0 Å². The van der Waals surface area contributed by atoms with Crippen LogP contribution in [-0.2, 0) is 0 Å². The van der Waals surface area contributed by atoms with E-state index in [1.54, 1.807) is 0 Å². The average Bonchev–Trinajstić information content (AvgIpc) is 2.40. The number of aromatic nitrogens is 2. The number of nitro groups is 2. The highest BCUT2D eigenvalue weighted by molar-refractivity contribution is 7.99. The molecule has 2 aromatic rings. The smallest absolute Gasteiger partial charge is 0.258 e. The van der Waals surface area contributed by atoms with E-state index in [1.807, 2.05) is 0 Å². The maximum absolute atomic E-state index is 10.5. The topological polar surface area (TPSA) is 112 Å². The molecule has 0 unspecified atom stereocenters. The van der Waals surface area contributed by atoms with Gasteiger partial charge in [0.15, 0.2) is 0 Å². The van der Waals surface area contributed by atoms with Crippen LogP contribution in [0.3, 0.4) is 0 Å². The summed E-state index contributed by atoms with van der Waals surface area (Å²) in [5, 5.41) is 21.9. The van der Waals surface area contributed by atoms with E-state index in [-0.39, 0.29) is 11.4 Å². The summed E-state index contributed by atoms with van der Waals surface area (Å²) in [5.41, 5.74) is -0.193. The Labute approximate surface area is 110 Å². The molecule has 0 N–H and O–H groups in total. The monoisotopic (exact) mass is 278 g/mol. The minimum Gasteiger partial charge on any atom is -0.258 e. The molecule has 0 saturated carbocycles. The maximum Gasteiger partial charge on any atom is 0.287 e. The molecule has 2 aromatic heterocycles. The van der Waals surface area contributed by atoms with E-state index in [1.165, 1.54) is 24.3 Å². The maximum atomic E-state index is 10.5. The van der Waals surface area contributed by atoms with E-state index in [4.69, 9.17) is 0 Å². The predicted octanol–water partition coefficient (Wildman–Crippen LogP) is 2.44. The summed E-state index contributed by atoms with van der Waals surface area (Å²) in [7, 11) is 0. The van der Waals surface area contributed by atoms with Gasteiger partial charge in [-0.05, 0) is 12.1 Å². The quantitative estimate of drug-likeness (QED) is 0.623. The van der Waals surface area contributed by atoms with E-state index in [0.717, 1.165) is 24.2 Å². The third-order valence-electron chi connectivity index (χ3n) is 2.07. The number of nitrogens with zero attached hydrogens (tertiary/aromatic N) is 4. The van der Waals surface area contributed by atoms with Gasteiger partial charge in [-0.3, -0.25) is 20.2 Å². The van der Waals surface area contributed by atoms with Crippen LogP contribution < -0.4 is 0 Å². The van der Waals surface area contributed by atoms with E-state index >= 15 is 0 Å². The third kappa shape index (κ3) is 3.22. The summed E-state index contributed by atoms with van der Waals surface area (Å²) in [6.45, 7) is 0. The number of hydrogen-bond donors (Lipinski definition) is 0. The van der Waals surface area contributed by atoms with Crippen LogP contribution in [0, 0.1) is 20.2 Å². The van der Waals surface area contributed by atoms with Gasteiger partial charge in [0.1, 0.15) is 22.4 Å². The first kappa shape index (κ1) is 12.9. The van der Waals surface area contributed by atoms with Gasteiger partial charge in [-0.2, -0.15) is 0 Å². The Morgan fingerprint density at radius 2 is 1.26 bits per heavy atom. The van der Waals surface area contributed by atoms with Crippen molar-refractivity contribution in [3.8, 4) is 0 Å². The standard InChI is InChI=1S/C10H6N4O4S/c15-13(16)7-1-3-9(11-5-7)19-10-4-2-8(6-12-10)14(17)18/h1-6H. The van der Waals surface area contributed by atoms with Crippen LogP contribution in [0.25, 0.3) is 0 Å². The first-order chi connectivity index (χ1) is 9.06. The van der Waals surface area contributed by atoms with Crippen LogP contribution in [0.1, 0.15) is 0 Å². The largest absolute Gasteiger partial charge is 0.287 e. The highest BCUT2D eigenvalue weighted by Crippen LogP contribution is 2.26. The lowest BCUT2D eigenvalue weighted by Gasteiger charge is -1.99. The van der Waals surface area contributed by atoms with E-state index < -0.39 is 9.85 Å². The SMILES string of the molecule is O=[N+]([O-])c1ccc(Sc2ccc([N+](=O)[O-])cn2)nc1. The first-order valence-corrected chi connectivity index (χ1v) is 5.76. The Kier molecular flexibility index (Phi) is 3.66. The molecule has 0 aliphatic rings. The van der Waals surface area contributed by atoms with Gasteiger partial charge >= 0.3 is 0 Å². The van der Waals surface area contributed by atoms with Crippen molar-refractivity contribution in [2.75, 3.05) is 0 Å². The molecule has 19 heavy (non-hydrogen) atoms. The molecule has 0 aliphatic heterocycles. The molecule has 0 bridgehead atoms. The van der Waals surface area contributed by atoms with Gasteiger partial charge in [0.2, 0.25) is 0 Å². The average molecular weight is 278 g/mol. The van der Waals surface area contributed by atoms with Crippen molar-refractivity contribution in [3.05, 3.63) is 56.9 Å². The molecule has 0 atom stereocenters. The van der Waals surface area contributed by atoms with Crippen LogP contribution in [0.2, 0.25) is 0 Å². The third-order valence-corrected chi connectivity index (χ3v) is 2.97. The predicted molar refractivity (Wildman–Crippen MR) is 65.9 cm³/mol. The van der Waals surface area contributed by atoms with Gasteiger partial charge in [-0.15, -0.1) is 0 Å². The molecule has 0 radical (unpaired) electrons. The zero-order chi connectivity index (χ0) is 13.8. The molecule has 0 amide bonds. The molecule has 0 aliphatic carbocycles. The van der Waals surface area contributed by atoms with Gasteiger partial charge in [0, 0.05) is 12.1 Å². The number of rotatable bonds is 4. The molecule has 0 spiro atoms. The molecule has 9 heteroatoms. The summed E-state index contributed by atoms with van der Waals surface area (Å²) in [6.07, 6.45) is 2.29. The minimum atomic E-state index is -0.536.